The van der Waals surface area contributed by atoms with Crippen molar-refractivity contribution >= 4 is 41.3 Å². The summed E-state index contributed by atoms with van der Waals surface area (Å²) in [7, 11) is 0. The second kappa shape index (κ2) is 12.0. The highest BCUT2D eigenvalue weighted by atomic mass is 127. The Morgan fingerprint density at radius 1 is 1.10 bits per heavy atom. The zero-order chi connectivity index (χ0) is 21.4. The molecule has 0 saturated heterocycles. The molecule has 166 valence electrons. The fourth-order valence-electron chi connectivity index (χ4n) is 2.98. The van der Waals surface area contributed by atoms with Crippen LogP contribution in [0.25, 0.3) is 0 Å². The number of aliphatic hydroxyl groups is 1. The maximum absolute atomic E-state index is 11.9. The maximum atomic E-state index is 11.9. The molecule has 3 N–H and O–H groups in total. The quantitative estimate of drug-likeness (QED) is 0.227. The third kappa shape index (κ3) is 7.48. The number of thiophene rings is 1. The zero-order valence-corrected chi connectivity index (χ0v) is 20.9. The molecule has 8 heteroatoms. The molecule has 1 atom stereocenters. The van der Waals surface area contributed by atoms with E-state index >= 15 is 0 Å². The number of aliphatic imine (C=N–C) groups is 1. The number of hydrogen-bond acceptors (Lipinski definition) is 4. The number of aromatic nitrogens is 1. The van der Waals surface area contributed by atoms with Crippen molar-refractivity contribution in [1.29, 1.82) is 0 Å². The molecule has 2 aromatic heterocycles. The van der Waals surface area contributed by atoms with E-state index in [9.17, 15) is 9.90 Å². The summed E-state index contributed by atoms with van der Waals surface area (Å²) in [5.41, 5.74) is 1.17. The third-order valence-corrected chi connectivity index (χ3v) is 5.81. The average molecular weight is 552 g/mol. The first kappa shape index (κ1) is 25.1. The van der Waals surface area contributed by atoms with Gasteiger partial charge in [0.1, 0.15) is 5.60 Å². The molecule has 0 amide bonds. The minimum atomic E-state index is -0.957. The van der Waals surface area contributed by atoms with E-state index in [1.807, 2.05) is 54.8 Å². The molecule has 2 heterocycles. The lowest BCUT2D eigenvalue weighted by Crippen LogP contribution is -2.44. The summed E-state index contributed by atoms with van der Waals surface area (Å²) >= 11 is 1.54. The molecule has 1 unspecified atom stereocenters. The van der Waals surface area contributed by atoms with Crippen LogP contribution in [0.2, 0.25) is 0 Å². The predicted octanol–water partition coefficient (Wildman–Crippen LogP) is 3.54. The van der Waals surface area contributed by atoms with Crippen molar-refractivity contribution in [2.45, 2.75) is 32.5 Å². The largest absolute Gasteiger partial charge is 0.383 e. The van der Waals surface area contributed by atoms with Gasteiger partial charge in [0, 0.05) is 23.7 Å². The molecule has 31 heavy (non-hydrogen) atoms. The monoisotopic (exact) mass is 552 g/mol. The van der Waals surface area contributed by atoms with Gasteiger partial charge in [-0.25, -0.2) is 4.99 Å². The number of hydrogen-bond donors (Lipinski definition) is 3. The number of pyridine rings is 1. The number of nitrogens with one attached hydrogen (secondary N) is 2. The standard InChI is InChI=1S/C23H28N4O2S.HI/c1-3-24-22(26-17-23(2,29)20-7-6-14-30-20)25-15-18-9-11-19(12-10-18)16-27-13-5-4-8-21(27)28;/h4-14,29H,3,15-17H2,1-2H3,(H2,24,25,26);1H. The fraction of sp³-hybridized carbons (Fsp3) is 0.304. The molecule has 0 radical (unpaired) electrons. The normalized spacial score (nSPS) is 13.2. The molecule has 0 spiro atoms. The molecule has 6 nitrogen and oxygen atoms in total. The van der Waals surface area contributed by atoms with Crippen LogP contribution in [-0.2, 0) is 18.7 Å². The number of rotatable bonds is 8. The van der Waals surface area contributed by atoms with Crippen LogP contribution in [0.5, 0.6) is 0 Å². The van der Waals surface area contributed by atoms with Gasteiger partial charge in [-0.05, 0) is 42.5 Å². The molecule has 0 aliphatic rings. The Balaban J connectivity index is 0.00000341. The second-order valence-electron chi connectivity index (χ2n) is 7.28. The van der Waals surface area contributed by atoms with E-state index in [2.05, 4.69) is 15.6 Å². The zero-order valence-electron chi connectivity index (χ0n) is 17.7. The minimum absolute atomic E-state index is 0. The highest BCUT2D eigenvalue weighted by molar-refractivity contribution is 14.0. The average Bonchev–Trinajstić information content (AvgIpc) is 3.29. The number of halogens is 1. The first-order chi connectivity index (χ1) is 14.5. The van der Waals surface area contributed by atoms with Crippen molar-refractivity contribution in [2.75, 3.05) is 13.1 Å². The van der Waals surface area contributed by atoms with Crippen LogP contribution < -0.4 is 16.2 Å². The molecule has 1 aromatic carbocycles. The van der Waals surface area contributed by atoms with Crippen molar-refractivity contribution < 1.29 is 5.11 Å². The summed E-state index contributed by atoms with van der Waals surface area (Å²) in [6.45, 7) is 5.97. The van der Waals surface area contributed by atoms with Crippen molar-refractivity contribution in [1.82, 2.24) is 15.2 Å². The van der Waals surface area contributed by atoms with Gasteiger partial charge in [-0.2, -0.15) is 0 Å². The van der Waals surface area contributed by atoms with Crippen LogP contribution in [0.1, 0.15) is 29.9 Å². The highest BCUT2D eigenvalue weighted by Crippen LogP contribution is 2.24. The number of nitrogens with zero attached hydrogens (tertiary/aromatic N) is 2. The van der Waals surface area contributed by atoms with E-state index in [-0.39, 0.29) is 29.5 Å². The highest BCUT2D eigenvalue weighted by Gasteiger charge is 2.24. The Morgan fingerprint density at radius 3 is 2.48 bits per heavy atom. The van der Waals surface area contributed by atoms with Crippen LogP contribution >= 0.6 is 35.3 Å². The molecule has 0 bridgehead atoms. The van der Waals surface area contributed by atoms with Gasteiger partial charge < -0.3 is 20.3 Å². The van der Waals surface area contributed by atoms with E-state index in [0.717, 1.165) is 22.5 Å². The summed E-state index contributed by atoms with van der Waals surface area (Å²) in [6.07, 6.45) is 1.79. The summed E-state index contributed by atoms with van der Waals surface area (Å²) in [4.78, 5) is 17.4. The van der Waals surface area contributed by atoms with Crippen LogP contribution in [0.15, 0.2) is 76.0 Å². The molecular formula is C23H29IN4O2S. The van der Waals surface area contributed by atoms with Crippen LogP contribution in [0.3, 0.4) is 0 Å². The third-order valence-electron chi connectivity index (χ3n) is 4.69. The van der Waals surface area contributed by atoms with Crippen molar-refractivity contribution in [3.63, 3.8) is 0 Å². The fourth-order valence-corrected chi connectivity index (χ4v) is 3.77. The predicted molar refractivity (Wildman–Crippen MR) is 138 cm³/mol. The van der Waals surface area contributed by atoms with E-state index in [4.69, 9.17) is 0 Å². The molecule has 0 aliphatic heterocycles. The molecule has 0 aliphatic carbocycles. The Bertz CT molecular complexity index is 1010. The topological polar surface area (TPSA) is 78.7 Å². The van der Waals surface area contributed by atoms with Crippen molar-refractivity contribution in [3.8, 4) is 0 Å². The summed E-state index contributed by atoms with van der Waals surface area (Å²) in [6, 6.07) is 17.1. The number of benzene rings is 1. The van der Waals surface area contributed by atoms with Gasteiger partial charge in [-0.15, -0.1) is 35.3 Å². The number of guanidine groups is 1. The molecule has 0 saturated carbocycles. The van der Waals surface area contributed by atoms with Crippen LogP contribution in [-0.4, -0.2) is 28.7 Å². The summed E-state index contributed by atoms with van der Waals surface area (Å²) < 4.78 is 1.68. The van der Waals surface area contributed by atoms with Gasteiger partial charge in [0.15, 0.2) is 5.96 Å². The molecular weight excluding hydrogens is 523 g/mol. The smallest absolute Gasteiger partial charge is 0.250 e. The molecule has 3 rings (SSSR count). The van der Waals surface area contributed by atoms with Gasteiger partial charge in [0.05, 0.1) is 19.6 Å². The van der Waals surface area contributed by atoms with E-state index in [1.165, 1.54) is 11.3 Å². The Kier molecular flexibility index (Phi) is 9.73. The Morgan fingerprint density at radius 2 is 1.84 bits per heavy atom. The summed E-state index contributed by atoms with van der Waals surface area (Å²) in [5.74, 6) is 0.661. The van der Waals surface area contributed by atoms with Crippen LogP contribution in [0.4, 0.5) is 0 Å². The van der Waals surface area contributed by atoms with Gasteiger partial charge in [-0.3, -0.25) is 4.79 Å². The second-order valence-corrected chi connectivity index (χ2v) is 8.23. The molecule has 0 fully saturated rings. The van der Waals surface area contributed by atoms with Crippen molar-refractivity contribution in [2.24, 2.45) is 4.99 Å². The van der Waals surface area contributed by atoms with Gasteiger partial charge in [0.2, 0.25) is 0 Å². The SMILES string of the molecule is CCNC(=NCc1ccc(Cn2ccccc2=O)cc1)NCC(C)(O)c1cccs1.I. The van der Waals surface area contributed by atoms with Crippen LogP contribution in [0, 0.1) is 0 Å². The van der Waals surface area contributed by atoms with E-state index < -0.39 is 5.60 Å². The van der Waals surface area contributed by atoms with E-state index in [0.29, 0.717) is 25.6 Å². The maximum Gasteiger partial charge on any atom is 0.250 e. The Hall–Kier alpha value is -2.17. The minimum Gasteiger partial charge on any atom is -0.383 e. The first-order valence-electron chi connectivity index (χ1n) is 10.00. The lowest BCUT2D eigenvalue weighted by atomic mass is 10.1. The molecule has 3 aromatic rings. The van der Waals surface area contributed by atoms with Gasteiger partial charge >= 0.3 is 0 Å². The lowest BCUT2D eigenvalue weighted by molar-refractivity contribution is 0.0655. The van der Waals surface area contributed by atoms with Gasteiger partial charge in [0.25, 0.3) is 5.56 Å². The lowest BCUT2D eigenvalue weighted by Gasteiger charge is -2.23. The van der Waals surface area contributed by atoms with Gasteiger partial charge in [-0.1, -0.05) is 36.4 Å². The van der Waals surface area contributed by atoms with Crippen molar-refractivity contribution in [3.05, 3.63) is 92.5 Å². The summed E-state index contributed by atoms with van der Waals surface area (Å²) in [5, 5.41) is 19.1. The first-order valence-corrected chi connectivity index (χ1v) is 10.9. The Labute approximate surface area is 204 Å². The van der Waals surface area contributed by atoms with E-state index in [1.54, 1.807) is 29.8 Å².